The number of hydrogen-bond acceptors (Lipinski definition) is 3. The van der Waals surface area contributed by atoms with Gasteiger partial charge in [-0.15, -0.1) is 0 Å². The molecule has 4 nitrogen and oxygen atoms in total. The number of nitrogens with two attached hydrogens (primary N) is 1. The van der Waals surface area contributed by atoms with Crippen molar-refractivity contribution in [2.24, 2.45) is 11.7 Å². The van der Waals surface area contributed by atoms with Crippen LogP contribution in [0, 0.1) is 5.92 Å². The maximum absolute atomic E-state index is 12.2. The maximum Gasteiger partial charge on any atom is 0.237 e. The van der Waals surface area contributed by atoms with Crippen LogP contribution in [-0.4, -0.2) is 42.0 Å². The van der Waals surface area contributed by atoms with E-state index in [-0.39, 0.29) is 17.5 Å². The summed E-state index contributed by atoms with van der Waals surface area (Å²) in [5, 5.41) is 3.10. The predicted molar refractivity (Wildman–Crippen MR) is 75.3 cm³/mol. The Morgan fingerprint density at radius 3 is 2.44 bits per heavy atom. The number of likely N-dealkylation sites (N-methyl/N-ethyl adjacent to an activating group) is 1. The minimum absolute atomic E-state index is 0.100. The van der Waals surface area contributed by atoms with Gasteiger partial charge in [0.25, 0.3) is 0 Å². The van der Waals surface area contributed by atoms with E-state index in [2.05, 4.69) is 31.0 Å². The highest BCUT2D eigenvalue weighted by molar-refractivity contribution is 5.82. The SMILES string of the molecule is CCC(C)(C)NC(=O)C(C)N(C)C(CN)C1CC1. The summed E-state index contributed by atoms with van der Waals surface area (Å²) >= 11 is 0. The number of amides is 1. The number of carbonyl (C=O) groups excluding carboxylic acids is 1. The van der Waals surface area contributed by atoms with Crippen LogP contribution in [0.2, 0.25) is 0 Å². The van der Waals surface area contributed by atoms with Crippen molar-refractivity contribution in [2.75, 3.05) is 13.6 Å². The summed E-state index contributed by atoms with van der Waals surface area (Å²) in [4.78, 5) is 14.4. The molecule has 3 N–H and O–H groups in total. The molecule has 0 bridgehead atoms. The van der Waals surface area contributed by atoms with Crippen molar-refractivity contribution < 1.29 is 4.79 Å². The lowest BCUT2D eigenvalue weighted by atomic mass is 10.0. The van der Waals surface area contributed by atoms with E-state index in [1.54, 1.807) is 0 Å². The topological polar surface area (TPSA) is 58.4 Å². The first-order chi connectivity index (χ1) is 8.32. The van der Waals surface area contributed by atoms with Gasteiger partial charge >= 0.3 is 0 Å². The van der Waals surface area contributed by atoms with E-state index in [1.807, 2.05) is 14.0 Å². The molecule has 18 heavy (non-hydrogen) atoms. The van der Waals surface area contributed by atoms with E-state index in [9.17, 15) is 4.79 Å². The van der Waals surface area contributed by atoms with Crippen LogP contribution in [0.1, 0.15) is 47.0 Å². The summed E-state index contributed by atoms with van der Waals surface area (Å²) in [6.45, 7) is 8.79. The van der Waals surface area contributed by atoms with Crippen LogP contribution in [0.15, 0.2) is 0 Å². The zero-order chi connectivity index (χ0) is 13.9. The summed E-state index contributed by atoms with van der Waals surface area (Å²) < 4.78 is 0. The number of hydrogen-bond donors (Lipinski definition) is 2. The monoisotopic (exact) mass is 255 g/mol. The van der Waals surface area contributed by atoms with Crippen LogP contribution in [0.4, 0.5) is 0 Å². The molecule has 0 aromatic carbocycles. The van der Waals surface area contributed by atoms with Gasteiger partial charge in [0.1, 0.15) is 0 Å². The van der Waals surface area contributed by atoms with Crippen molar-refractivity contribution >= 4 is 5.91 Å². The summed E-state index contributed by atoms with van der Waals surface area (Å²) in [5.41, 5.74) is 5.70. The number of carbonyl (C=O) groups is 1. The van der Waals surface area contributed by atoms with Gasteiger partial charge in [-0.3, -0.25) is 9.69 Å². The summed E-state index contributed by atoms with van der Waals surface area (Å²) in [7, 11) is 2.01. The molecule has 1 saturated carbocycles. The van der Waals surface area contributed by atoms with Crippen LogP contribution in [0.3, 0.4) is 0 Å². The van der Waals surface area contributed by atoms with E-state index < -0.39 is 0 Å². The van der Waals surface area contributed by atoms with Crippen molar-refractivity contribution in [2.45, 2.75) is 64.6 Å². The summed E-state index contributed by atoms with van der Waals surface area (Å²) in [5.74, 6) is 0.790. The second kappa shape index (κ2) is 6.02. The fourth-order valence-corrected chi connectivity index (χ4v) is 2.17. The first-order valence-electron chi connectivity index (χ1n) is 7.06. The summed E-state index contributed by atoms with van der Waals surface area (Å²) in [6.07, 6.45) is 3.43. The molecule has 0 radical (unpaired) electrons. The molecule has 0 aliphatic heterocycles. The Hall–Kier alpha value is -0.610. The first kappa shape index (κ1) is 15.4. The van der Waals surface area contributed by atoms with Crippen LogP contribution < -0.4 is 11.1 Å². The molecule has 1 rings (SSSR count). The third-order valence-electron chi connectivity index (χ3n) is 4.27. The maximum atomic E-state index is 12.2. The van der Waals surface area contributed by atoms with E-state index in [4.69, 9.17) is 5.73 Å². The lowest BCUT2D eigenvalue weighted by Crippen LogP contribution is -2.54. The third kappa shape index (κ3) is 3.95. The van der Waals surface area contributed by atoms with Gasteiger partial charge in [-0.05, 0) is 53.0 Å². The Balaban J connectivity index is 2.56. The quantitative estimate of drug-likeness (QED) is 0.722. The number of rotatable bonds is 7. The molecule has 0 aromatic rings. The highest BCUT2D eigenvalue weighted by Crippen LogP contribution is 2.35. The van der Waals surface area contributed by atoms with E-state index in [1.165, 1.54) is 12.8 Å². The van der Waals surface area contributed by atoms with Crippen LogP contribution in [0.5, 0.6) is 0 Å². The first-order valence-corrected chi connectivity index (χ1v) is 7.06. The second-order valence-corrected chi connectivity index (χ2v) is 6.21. The average molecular weight is 255 g/mol. The number of nitrogens with one attached hydrogen (secondary N) is 1. The Kier molecular flexibility index (Phi) is 5.17. The molecule has 0 aromatic heterocycles. The smallest absolute Gasteiger partial charge is 0.237 e. The molecule has 1 aliphatic rings. The summed E-state index contributed by atoms with van der Waals surface area (Å²) in [6, 6.07) is 0.223. The zero-order valence-corrected chi connectivity index (χ0v) is 12.5. The van der Waals surface area contributed by atoms with Gasteiger partial charge in [0.2, 0.25) is 5.91 Å². The van der Waals surface area contributed by atoms with Gasteiger partial charge in [-0.2, -0.15) is 0 Å². The van der Waals surface area contributed by atoms with Crippen LogP contribution >= 0.6 is 0 Å². The van der Waals surface area contributed by atoms with Gasteiger partial charge in [0.05, 0.1) is 6.04 Å². The molecular weight excluding hydrogens is 226 g/mol. The van der Waals surface area contributed by atoms with E-state index in [0.717, 1.165) is 6.42 Å². The predicted octanol–water partition coefficient (Wildman–Crippen LogP) is 1.35. The molecule has 2 atom stereocenters. The molecule has 0 heterocycles. The molecule has 4 heteroatoms. The largest absolute Gasteiger partial charge is 0.350 e. The second-order valence-electron chi connectivity index (χ2n) is 6.21. The van der Waals surface area contributed by atoms with Gasteiger partial charge in [0.15, 0.2) is 0 Å². The Bertz CT molecular complexity index is 287. The lowest BCUT2D eigenvalue weighted by Gasteiger charge is -2.34. The average Bonchev–Trinajstić information content (AvgIpc) is 3.12. The Morgan fingerprint density at radius 1 is 1.50 bits per heavy atom. The van der Waals surface area contributed by atoms with Crippen LogP contribution in [0.25, 0.3) is 0 Å². The molecule has 0 saturated heterocycles. The van der Waals surface area contributed by atoms with E-state index in [0.29, 0.717) is 18.5 Å². The molecule has 106 valence electrons. The molecule has 1 amide bonds. The normalized spacial score (nSPS) is 19.7. The Labute approximate surface area is 111 Å². The Morgan fingerprint density at radius 2 is 2.06 bits per heavy atom. The van der Waals surface area contributed by atoms with Crippen LogP contribution in [-0.2, 0) is 4.79 Å². The minimum atomic E-state index is -0.135. The lowest BCUT2D eigenvalue weighted by molar-refractivity contribution is -0.128. The highest BCUT2D eigenvalue weighted by Gasteiger charge is 2.36. The fraction of sp³-hybridized carbons (Fsp3) is 0.929. The zero-order valence-electron chi connectivity index (χ0n) is 12.5. The molecule has 2 unspecified atom stereocenters. The third-order valence-corrected chi connectivity index (χ3v) is 4.27. The van der Waals surface area contributed by atoms with Crippen molar-refractivity contribution in [3.8, 4) is 0 Å². The van der Waals surface area contributed by atoms with Gasteiger partial charge in [-0.1, -0.05) is 6.92 Å². The highest BCUT2D eigenvalue weighted by atomic mass is 16.2. The molecular formula is C14H29N3O. The standard InChI is InChI=1S/C14H29N3O/c1-6-14(3,4)16-13(18)10(2)17(5)12(9-15)11-7-8-11/h10-12H,6-9,15H2,1-5H3,(H,16,18). The van der Waals surface area contributed by atoms with E-state index >= 15 is 0 Å². The van der Waals surface area contributed by atoms with Gasteiger partial charge < -0.3 is 11.1 Å². The van der Waals surface area contributed by atoms with Gasteiger partial charge in [0, 0.05) is 18.1 Å². The van der Waals surface area contributed by atoms with Crippen molar-refractivity contribution in [1.29, 1.82) is 0 Å². The van der Waals surface area contributed by atoms with Crippen molar-refractivity contribution in [1.82, 2.24) is 10.2 Å². The van der Waals surface area contributed by atoms with Crippen molar-refractivity contribution in [3.63, 3.8) is 0 Å². The molecule has 1 aliphatic carbocycles. The minimum Gasteiger partial charge on any atom is -0.350 e. The number of nitrogens with zero attached hydrogens (tertiary/aromatic N) is 1. The molecule has 0 spiro atoms. The van der Waals surface area contributed by atoms with Crippen molar-refractivity contribution in [3.05, 3.63) is 0 Å². The molecule has 1 fully saturated rings. The van der Waals surface area contributed by atoms with Gasteiger partial charge in [-0.25, -0.2) is 0 Å². The fourth-order valence-electron chi connectivity index (χ4n) is 2.17.